The SMILES string of the molecule is Cc1ccc(-c2cc(C(=O)Nc3ccc(N4CCC(C)C4)cc3)on2)cc1. The van der Waals surface area contributed by atoms with Crippen molar-refractivity contribution in [1.29, 1.82) is 0 Å². The van der Waals surface area contributed by atoms with Gasteiger partial charge in [0.15, 0.2) is 0 Å². The summed E-state index contributed by atoms with van der Waals surface area (Å²) in [5.74, 6) is 0.630. The number of hydrogen-bond acceptors (Lipinski definition) is 4. The van der Waals surface area contributed by atoms with E-state index in [1.54, 1.807) is 6.07 Å². The summed E-state index contributed by atoms with van der Waals surface area (Å²) >= 11 is 0. The minimum atomic E-state index is -0.302. The molecule has 1 unspecified atom stereocenters. The molecule has 1 aromatic heterocycles. The van der Waals surface area contributed by atoms with Crippen LogP contribution in [-0.4, -0.2) is 24.2 Å². The molecule has 1 aliphatic heterocycles. The highest BCUT2D eigenvalue weighted by atomic mass is 16.5. The van der Waals surface area contributed by atoms with Gasteiger partial charge in [0.1, 0.15) is 5.69 Å². The van der Waals surface area contributed by atoms with Gasteiger partial charge in [-0.3, -0.25) is 4.79 Å². The van der Waals surface area contributed by atoms with Crippen molar-refractivity contribution in [2.75, 3.05) is 23.3 Å². The first-order chi connectivity index (χ1) is 13.1. The Labute approximate surface area is 159 Å². The van der Waals surface area contributed by atoms with E-state index < -0.39 is 0 Å². The van der Waals surface area contributed by atoms with E-state index in [4.69, 9.17) is 4.52 Å². The summed E-state index contributed by atoms with van der Waals surface area (Å²) in [7, 11) is 0. The lowest BCUT2D eigenvalue weighted by atomic mass is 10.1. The number of rotatable bonds is 4. The number of carbonyl (C=O) groups excluding carboxylic acids is 1. The molecule has 1 N–H and O–H groups in total. The molecule has 138 valence electrons. The van der Waals surface area contributed by atoms with Crippen molar-refractivity contribution in [2.45, 2.75) is 20.3 Å². The lowest BCUT2D eigenvalue weighted by Crippen LogP contribution is -2.19. The van der Waals surface area contributed by atoms with Crippen molar-refractivity contribution in [3.8, 4) is 11.3 Å². The van der Waals surface area contributed by atoms with Crippen LogP contribution >= 0.6 is 0 Å². The third-order valence-electron chi connectivity index (χ3n) is 5.00. The number of hydrogen-bond donors (Lipinski definition) is 1. The molecule has 3 aromatic rings. The van der Waals surface area contributed by atoms with E-state index in [0.29, 0.717) is 5.69 Å². The van der Waals surface area contributed by atoms with Gasteiger partial charge in [-0.25, -0.2) is 0 Å². The number of carbonyl (C=O) groups is 1. The zero-order chi connectivity index (χ0) is 18.8. The Morgan fingerprint density at radius 3 is 2.56 bits per heavy atom. The second-order valence-corrected chi connectivity index (χ2v) is 7.28. The van der Waals surface area contributed by atoms with Crippen molar-refractivity contribution < 1.29 is 9.32 Å². The average molecular weight is 361 g/mol. The van der Waals surface area contributed by atoms with Crippen molar-refractivity contribution in [2.24, 2.45) is 5.92 Å². The van der Waals surface area contributed by atoms with Gasteiger partial charge in [-0.05, 0) is 43.5 Å². The van der Waals surface area contributed by atoms with Crippen molar-refractivity contribution in [1.82, 2.24) is 5.16 Å². The number of aryl methyl sites for hydroxylation is 1. The maximum absolute atomic E-state index is 12.4. The lowest BCUT2D eigenvalue weighted by molar-refractivity contribution is 0.0988. The second-order valence-electron chi connectivity index (χ2n) is 7.28. The van der Waals surface area contributed by atoms with Gasteiger partial charge in [0.25, 0.3) is 5.91 Å². The van der Waals surface area contributed by atoms with Crippen LogP contribution in [0.3, 0.4) is 0 Å². The normalized spacial score (nSPS) is 16.5. The molecule has 5 heteroatoms. The summed E-state index contributed by atoms with van der Waals surface area (Å²) in [4.78, 5) is 14.8. The molecule has 1 amide bonds. The van der Waals surface area contributed by atoms with Crippen molar-refractivity contribution >= 4 is 17.3 Å². The first kappa shape index (κ1) is 17.3. The summed E-state index contributed by atoms with van der Waals surface area (Å²) in [6.07, 6.45) is 1.23. The number of aromatic nitrogens is 1. The van der Waals surface area contributed by atoms with Crippen molar-refractivity contribution in [3.63, 3.8) is 0 Å². The smallest absolute Gasteiger partial charge is 0.294 e. The molecule has 1 saturated heterocycles. The van der Waals surface area contributed by atoms with E-state index >= 15 is 0 Å². The van der Waals surface area contributed by atoms with E-state index in [2.05, 4.69) is 22.3 Å². The third kappa shape index (κ3) is 3.87. The van der Waals surface area contributed by atoms with Crippen LogP contribution in [0, 0.1) is 12.8 Å². The summed E-state index contributed by atoms with van der Waals surface area (Å²) in [5.41, 5.74) is 4.68. The fourth-order valence-corrected chi connectivity index (χ4v) is 3.36. The number of amides is 1. The third-order valence-corrected chi connectivity index (χ3v) is 5.00. The van der Waals surface area contributed by atoms with E-state index in [9.17, 15) is 4.79 Å². The predicted molar refractivity (Wildman–Crippen MR) is 107 cm³/mol. The lowest BCUT2D eigenvalue weighted by Gasteiger charge is -2.18. The first-order valence-corrected chi connectivity index (χ1v) is 9.28. The van der Waals surface area contributed by atoms with Gasteiger partial charge in [-0.1, -0.05) is 41.9 Å². The van der Waals surface area contributed by atoms with Crippen LogP contribution in [-0.2, 0) is 0 Å². The molecule has 1 atom stereocenters. The maximum atomic E-state index is 12.4. The van der Waals surface area contributed by atoms with Gasteiger partial charge in [-0.15, -0.1) is 0 Å². The van der Waals surface area contributed by atoms with E-state index in [1.165, 1.54) is 17.7 Å². The molecule has 1 fully saturated rings. The monoisotopic (exact) mass is 361 g/mol. The van der Waals surface area contributed by atoms with Gasteiger partial charge in [0.2, 0.25) is 5.76 Å². The molecular formula is C22H23N3O2. The van der Waals surface area contributed by atoms with Gasteiger partial charge in [0.05, 0.1) is 0 Å². The minimum Gasteiger partial charge on any atom is -0.371 e. The maximum Gasteiger partial charge on any atom is 0.294 e. The topological polar surface area (TPSA) is 58.4 Å². The van der Waals surface area contributed by atoms with Crippen LogP contribution in [0.2, 0.25) is 0 Å². The minimum absolute atomic E-state index is 0.197. The van der Waals surface area contributed by atoms with Gasteiger partial charge >= 0.3 is 0 Å². The molecule has 2 aromatic carbocycles. The molecule has 0 saturated carbocycles. The molecule has 0 spiro atoms. The Hall–Kier alpha value is -3.08. The number of anilines is 2. The van der Waals surface area contributed by atoms with Crippen LogP contribution in [0.1, 0.15) is 29.5 Å². The number of benzene rings is 2. The van der Waals surface area contributed by atoms with Gasteiger partial charge < -0.3 is 14.7 Å². The van der Waals surface area contributed by atoms with Gasteiger partial charge in [-0.2, -0.15) is 0 Å². The molecular weight excluding hydrogens is 338 g/mol. The number of nitrogens with zero attached hydrogens (tertiary/aromatic N) is 2. The van der Waals surface area contributed by atoms with E-state index in [-0.39, 0.29) is 11.7 Å². The fraction of sp³-hybridized carbons (Fsp3) is 0.273. The summed E-state index contributed by atoms with van der Waals surface area (Å²) in [6, 6.07) is 17.6. The van der Waals surface area contributed by atoms with E-state index in [0.717, 1.165) is 30.3 Å². The fourth-order valence-electron chi connectivity index (χ4n) is 3.36. The van der Waals surface area contributed by atoms with Crippen LogP contribution in [0.4, 0.5) is 11.4 Å². The molecule has 0 bridgehead atoms. The van der Waals surface area contributed by atoms with Crippen LogP contribution < -0.4 is 10.2 Å². The summed E-state index contributed by atoms with van der Waals surface area (Å²) in [5, 5.41) is 6.88. The van der Waals surface area contributed by atoms with Gasteiger partial charge in [0, 0.05) is 36.1 Å². The average Bonchev–Trinajstić information content (AvgIpc) is 3.32. The summed E-state index contributed by atoms with van der Waals surface area (Å²) in [6.45, 7) is 6.48. The zero-order valence-corrected chi connectivity index (χ0v) is 15.6. The Kier molecular flexibility index (Phi) is 4.67. The van der Waals surface area contributed by atoms with Crippen LogP contribution in [0.15, 0.2) is 59.1 Å². The van der Waals surface area contributed by atoms with E-state index in [1.807, 2.05) is 55.5 Å². The molecule has 0 radical (unpaired) electrons. The number of nitrogens with one attached hydrogen (secondary N) is 1. The van der Waals surface area contributed by atoms with Crippen LogP contribution in [0.5, 0.6) is 0 Å². The molecule has 0 aliphatic carbocycles. The standard InChI is InChI=1S/C22H23N3O2/c1-15-3-5-17(6-4-15)20-13-21(27-24-20)22(26)23-18-7-9-19(10-8-18)25-12-11-16(2)14-25/h3-10,13,16H,11-12,14H2,1-2H3,(H,23,26). The second kappa shape index (κ2) is 7.27. The highest BCUT2D eigenvalue weighted by molar-refractivity contribution is 6.02. The van der Waals surface area contributed by atoms with Crippen LogP contribution in [0.25, 0.3) is 11.3 Å². The Morgan fingerprint density at radius 2 is 1.89 bits per heavy atom. The quantitative estimate of drug-likeness (QED) is 0.729. The molecule has 5 nitrogen and oxygen atoms in total. The Bertz CT molecular complexity index is 929. The highest BCUT2D eigenvalue weighted by Crippen LogP contribution is 2.25. The highest BCUT2D eigenvalue weighted by Gasteiger charge is 2.19. The first-order valence-electron chi connectivity index (χ1n) is 9.28. The molecule has 4 rings (SSSR count). The molecule has 27 heavy (non-hydrogen) atoms. The molecule has 2 heterocycles. The predicted octanol–water partition coefficient (Wildman–Crippen LogP) is 4.75. The largest absolute Gasteiger partial charge is 0.371 e. The zero-order valence-electron chi connectivity index (χ0n) is 15.6. The van der Waals surface area contributed by atoms with Crippen molar-refractivity contribution in [3.05, 3.63) is 65.9 Å². The Balaban J connectivity index is 1.42. The molecule has 1 aliphatic rings. The summed E-state index contributed by atoms with van der Waals surface area (Å²) < 4.78 is 5.23. The Morgan fingerprint density at radius 1 is 1.15 bits per heavy atom.